The van der Waals surface area contributed by atoms with Crippen LogP contribution in [0.15, 0.2) is 6.07 Å². The summed E-state index contributed by atoms with van der Waals surface area (Å²) in [7, 11) is 1.65. The van der Waals surface area contributed by atoms with Gasteiger partial charge < -0.3 is 39.8 Å². The molecule has 4 N–H and O–H groups in total. The normalized spacial score (nSPS) is 12.1. The number of nitrogens with zero attached hydrogens (tertiary/aromatic N) is 1. The number of carbonyl (C=O) groups excluding carboxylic acids is 2. The second kappa shape index (κ2) is 16.5. The minimum atomic E-state index is -0.943. The number of hydrogen-bond donors (Lipinski definition) is 4. The number of amides is 2. The van der Waals surface area contributed by atoms with E-state index in [0.29, 0.717) is 77.5 Å². The lowest BCUT2D eigenvalue weighted by atomic mass is 10.1. The second-order valence-corrected chi connectivity index (χ2v) is 9.86. The molecule has 0 saturated heterocycles. The maximum atomic E-state index is 12.3. The highest BCUT2D eigenvalue weighted by atomic mass is 16.5. The second-order valence-electron chi connectivity index (χ2n) is 9.86. The summed E-state index contributed by atoms with van der Waals surface area (Å²) in [5.41, 5.74) is -0.560. The SMILES string of the molecule is CCc1cc(O)n(CCCC(=O)NCCOCCOCCNC(=O)C(C)(C)OCCC(C)(C)OC)c1O. The van der Waals surface area contributed by atoms with Gasteiger partial charge in [-0.3, -0.25) is 14.2 Å². The van der Waals surface area contributed by atoms with E-state index in [0.717, 1.165) is 0 Å². The lowest BCUT2D eigenvalue weighted by Gasteiger charge is -2.28. The Labute approximate surface area is 220 Å². The van der Waals surface area contributed by atoms with E-state index in [-0.39, 0.29) is 35.6 Å². The highest BCUT2D eigenvalue weighted by molar-refractivity contribution is 5.84. The number of aromatic hydroxyl groups is 2. The van der Waals surface area contributed by atoms with Gasteiger partial charge in [0.1, 0.15) is 5.60 Å². The maximum absolute atomic E-state index is 12.3. The Kier molecular flexibility index (Phi) is 14.6. The minimum absolute atomic E-state index is 0.00327. The van der Waals surface area contributed by atoms with Crippen LogP contribution in [0.4, 0.5) is 0 Å². The Morgan fingerprint density at radius 1 is 0.973 bits per heavy atom. The van der Waals surface area contributed by atoms with E-state index in [1.807, 2.05) is 20.8 Å². The lowest BCUT2D eigenvalue weighted by molar-refractivity contribution is -0.145. The molecular weight excluding hydrogens is 482 g/mol. The molecule has 11 heteroatoms. The van der Waals surface area contributed by atoms with E-state index in [1.165, 1.54) is 10.6 Å². The van der Waals surface area contributed by atoms with E-state index < -0.39 is 5.60 Å². The van der Waals surface area contributed by atoms with Crippen molar-refractivity contribution in [2.75, 3.05) is 53.2 Å². The lowest BCUT2D eigenvalue weighted by Crippen LogP contribution is -2.46. The summed E-state index contributed by atoms with van der Waals surface area (Å²) in [6, 6.07) is 1.54. The summed E-state index contributed by atoms with van der Waals surface area (Å²) in [5.74, 6) is -0.268. The topological polar surface area (TPSA) is 141 Å². The Hall–Kier alpha value is -2.34. The first-order chi connectivity index (χ1) is 17.4. The van der Waals surface area contributed by atoms with Crippen molar-refractivity contribution in [3.63, 3.8) is 0 Å². The first kappa shape index (κ1) is 32.7. The van der Waals surface area contributed by atoms with Crippen molar-refractivity contribution in [3.05, 3.63) is 11.6 Å². The van der Waals surface area contributed by atoms with E-state index in [4.69, 9.17) is 18.9 Å². The molecule has 0 bridgehead atoms. The third-order valence-electron chi connectivity index (χ3n) is 6.03. The number of aryl methyl sites for hydroxylation is 1. The van der Waals surface area contributed by atoms with E-state index in [1.54, 1.807) is 21.0 Å². The predicted molar refractivity (Wildman–Crippen MR) is 140 cm³/mol. The zero-order valence-electron chi connectivity index (χ0n) is 23.4. The van der Waals surface area contributed by atoms with Crippen LogP contribution < -0.4 is 10.6 Å². The van der Waals surface area contributed by atoms with Gasteiger partial charge in [0, 0.05) is 44.8 Å². The molecule has 0 aliphatic rings. The molecule has 0 spiro atoms. The zero-order chi connectivity index (χ0) is 27.9. The van der Waals surface area contributed by atoms with Crippen LogP contribution in [0.3, 0.4) is 0 Å². The van der Waals surface area contributed by atoms with Crippen molar-refractivity contribution in [3.8, 4) is 11.8 Å². The van der Waals surface area contributed by atoms with Gasteiger partial charge in [0.2, 0.25) is 5.91 Å². The fourth-order valence-electron chi connectivity index (χ4n) is 3.30. The van der Waals surface area contributed by atoms with Crippen molar-refractivity contribution in [2.45, 2.75) is 78.0 Å². The molecular formula is C26H47N3O8. The van der Waals surface area contributed by atoms with Crippen molar-refractivity contribution in [1.29, 1.82) is 0 Å². The number of ether oxygens (including phenoxy) is 4. The molecule has 0 unspecified atom stereocenters. The minimum Gasteiger partial charge on any atom is -0.494 e. The average Bonchev–Trinajstić information content (AvgIpc) is 3.12. The summed E-state index contributed by atoms with van der Waals surface area (Å²) in [6.07, 6.45) is 2.07. The molecule has 1 rings (SSSR count). The maximum Gasteiger partial charge on any atom is 0.251 e. The molecule has 0 aliphatic heterocycles. The molecule has 0 aromatic carbocycles. The van der Waals surface area contributed by atoms with Crippen LogP contribution in [-0.4, -0.2) is 91.0 Å². The van der Waals surface area contributed by atoms with Gasteiger partial charge in [0.25, 0.3) is 5.91 Å². The van der Waals surface area contributed by atoms with Gasteiger partial charge in [-0.25, -0.2) is 0 Å². The third-order valence-corrected chi connectivity index (χ3v) is 6.03. The molecule has 0 saturated carbocycles. The standard InChI is InChI=1S/C26H47N3O8/c1-7-20-19-22(31)29(23(20)32)13-8-9-21(30)27-11-15-35-17-18-36-16-12-28-24(33)26(4,5)37-14-10-25(2,3)34-6/h19,31-32H,7-18H2,1-6H3,(H,27,30)(H,28,33). The first-order valence-corrected chi connectivity index (χ1v) is 12.9. The smallest absolute Gasteiger partial charge is 0.251 e. The van der Waals surface area contributed by atoms with Crippen LogP contribution in [-0.2, 0) is 41.5 Å². The van der Waals surface area contributed by atoms with Crippen molar-refractivity contribution in [2.24, 2.45) is 0 Å². The summed E-state index contributed by atoms with van der Waals surface area (Å²) in [6.45, 7) is 12.3. The molecule has 0 aliphatic carbocycles. The van der Waals surface area contributed by atoms with Gasteiger partial charge in [-0.1, -0.05) is 6.92 Å². The van der Waals surface area contributed by atoms with Crippen molar-refractivity contribution >= 4 is 11.8 Å². The average molecular weight is 530 g/mol. The number of nitrogens with one attached hydrogen (secondary N) is 2. The molecule has 214 valence electrons. The summed E-state index contributed by atoms with van der Waals surface area (Å²) in [4.78, 5) is 24.3. The van der Waals surface area contributed by atoms with Gasteiger partial charge in [-0.05, 0) is 47.0 Å². The molecule has 37 heavy (non-hydrogen) atoms. The molecule has 1 aromatic heterocycles. The summed E-state index contributed by atoms with van der Waals surface area (Å²) in [5, 5.41) is 25.5. The van der Waals surface area contributed by atoms with Gasteiger partial charge >= 0.3 is 0 Å². The van der Waals surface area contributed by atoms with Crippen molar-refractivity contribution in [1.82, 2.24) is 15.2 Å². The van der Waals surface area contributed by atoms with Crippen LogP contribution in [0.1, 0.15) is 59.4 Å². The number of hydrogen-bond acceptors (Lipinski definition) is 8. The van der Waals surface area contributed by atoms with Gasteiger partial charge in [-0.15, -0.1) is 0 Å². The Balaban J connectivity index is 2.02. The van der Waals surface area contributed by atoms with E-state index in [2.05, 4.69) is 10.6 Å². The molecule has 0 fully saturated rings. The molecule has 1 aromatic rings. The van der Waals surface area contributed by atoms with Gasteiger partial charge in [-0.2, -0.15) is 0 Å². The fourth-order valence-corrected chi connectivity index (χ4v) is 3.30. The van der Waals surface area contributed by atoms with E-state index in [9.17, 15) is 19.8 Å². The Morgan fingerprint density at radius 3 is 2.16 bits per heavy atom. The summed E-state index contributed by atoms with van der Waals surface area (Å²) >= 11 is 0. The van der Waals surface area contributed by atoms with Crippen LogP contribution in [0.2, 0.25) is 0 Å². The number of methoxy groups -OCH3 is 1. The third kappa shape index (κ3) is 12.6. The number of rotatable bonds is 20. The van der Waals surface area contributed by atoms with Gasteiger partial charge in [0.15, 0.2) is 11.8 Å². The fraction of sp³-hybridized carbons (Fsp3) is 0.769. The van der Waals surface area contributed by atoms with Crippen LogP contribution in [0.5, 0.6) is 11.8 Å². The largest absolute Gasteiger partial charge is 0.494 e. The number of carbonyl (C=O) groups is 2. The number of aromatic nitrogens is 1. The summed E-state index contributed by atoms with van der Waals surface area (Å²) < 4.78 is 23.4. The monoisotopic (exact) mass is 529 g/mol. The van der Waals surface area contributed by atoms with Crippen LogP contribution in [0.25, 0.3) is 0 Å². The molecule has 0 radical (unpaired) electrons. The Bertz CT molecular complexity index is 823. The first-order valence-electron chi connectivity index (χ1n) is 12.9. The Morgan fingerprint density at radius 2 is 1.59 bits per heavy atom. The highest BCUT2D eigenvalue weighted by Gasteiger charge is 2.29. The highest BCUT2D eigenvalue weighted by Crippen LogP contribution is 2.28. The van der Waals surface area contributed by atoms with Crippen LogP contribution in [0, 0.1) is 0 Å². The van der Waals surface area contributed by atoms with E-state index >= 15 is 0 Å². The molecule has 0 atom stereocenters. The predicted octanol–water partition coefficient (Wildman–Crippen LogP) is 2.12. The molecule has 11 nitrogen and oxygen atoms in total. The quantitative estimate of drug-likeness (QED) is 0.188. The van der Waals surface area contributed by atoms with Crippen molar-refractivity contribution < 1.29 is 38.7 Å². The zero-order valence-corrected chi connectivity index (χ0v) is 23.4. The van der Waals surface area contributed by atoms with Crippen LogP contribution >= 0.6 is 0 Å². The molecule has 1 heterocycles. The molecule has 2 amide bonds. The van der Waals surface area contributed by atoms with Gasteiger partial charge in [0.05, 0.1) is 38.6 Å².